The van der Waals surface area contributed by atoms with Crippen LogP contribution in [0.2, 0.25) is 0 Å². The van der Waals surface area contributed by atoms with Gasteiger partial charge in [-0.25, -0.2) is 0 Å². The van der Waals surface area contributed by atoms with Gasteiger partial charge in [-0.2, -0.15) is 5.26 Å². The van der Waals surface area contributed by atoms with E-state index in [-0.39, 0.29) is 0 Å². The van der Waals surface area contributed by atoms with Crippen LogP contribution in [0.25, 0.3) is 5.57 Å². The van der Waals surface area contributed by atoms with Crippen molar-refractivity contribution < 1.29 is 0 Å². The van der Waals surface area contributed by atoms with Crippen LogP contribution in [0.5, 0.6) is 0 Å². The van der Waals surface area contributed by atoms with Gasteiger partial charge >= 0.3 is 0 Å². The first-order chi connectivity index (χ1) is 8.31. The molecule has 0 atom stereocenters. The standard InChI is InChI=1S/C15H11NS/c1-12(11-16)14-9-5-6-10-15(14)17-13-7-3-2-4-8-13/h2-10H,1H2. The second kappa shape index (κ2) is 5.38. The molecule has 0 saturated carbocycles. The van der Waals surface area contributed by atoms with Gasteiger partial charge in [-0.3, -0.25) is 0 Å². The lowest BCUT2D eigenvalue weighted by molar-refractivity contribution is 1.37. The normalized spacial score (nSPS) is 9.59. The third-order valence-corrected chi connectivity index (χ3v) is 3.40. The van der Waals surface area contributed by atoms with E-state index in [2.05, 4.69) is 24.8 Å². The molecule has 0 aliphatic carbocycles. The first kappa shape index (κ1) is 11.5. The number of rotatable bonds is 3. The van der Waals surface area contributed by atoms with Gasteiger partial charge in [-0.1, -0.05) is 54.7 Å². The molecule has 0 amide bonds. The van der Waals surface area contributed by atoms with E-state index in [0.29, 0.717) is 5.57 Å². The third kappa shape index (κ3) is 2.77. The Bertz CT molecular complexity index is 567. The summed E-state index contributed by atoms with van der Waals surface area (Å²) in [4.78, 5) is 2.22. The molecule has 0 radical (unpaired) electrons. The molecular formula is C15H11NS. The topological polar surface area (TPSA) is 23.8 Å². The fourth-order valence-electron chi connectivity index (χ4n) is 1.48. The first-order valence-electron chi connectivity index (χ1n) is 5.22. The SMILES string of the molecule is C=C(C#N)c1ccccc1Sc1ccccc1. The van der Waals surface area contributed by atoms with Crippen molar-refractivity contribution in [2.75, 3.05) is 0 Å². The zero-order valence-corrected chi connectivity index (χ0v) is 10.1. The predicted octanol–water partition coefficient (Wildman–Crippen LogP) is 4.37. The lowest BCUT2D eigenvalue weighted by atomic mass is 10.1. The molecule has 0 aliphatic heterocycles. The highest BCUT2D eigenvalue weighted by Gasteiger charge is 2.06. The second-order valence-corrected chi connectivity index (χ2v) is 4.62. The van der Waals surface area contributed by atoms with Gasteiger partial charge in [-0.05, 0) is 18.2 Å². The molecule has 2 rings (SSSR count). The van der Waals surface area contributed by atoms with Crippen molar-refractivity contribution >= 4 is 17.3 Å². The molecule has 0 spiro atoms. The summed E-state index contributed by atoms with van der Waals surface area (Å²) in [6, 6.07) is 20.0. The van der Waals surface area contributed by atoms with Crippen LogP contribution in [0.15, 0.2) is 71.0 Å². The molecule has 0 bridgehead atoms. The number of allylic oxidation sites excluding steroid dienone is 1. The summed E-state index contributed by atoms with van der Waals surface area (Å²) in [5.74, 6) is 0. The maximum Gasteiger partial charge on any atom is 0.0992 e. The molecule has 17 heavy (non-hydrogen) atoms. The van der Waals surface area contributed by atoms with Crippen molar-refractivity contribution in [3.8, 4) is 6.07 Å². The third-order valence-electron chi connectivity index (χ3n) is 2.32. The lowest BCUT2D eigenvalue weighted by Crippen LogP contribution is -1.84. The molecule has 0 fully saturated rings. The van der Waals surface area contributed by atoms with Gasteiger partial charge in [0.25, 0.3) is 0 Å². The molecule has 1 nitrogen and oxygen atoms in total. The van der Waals surface area contributed by atoms with Crippen LogP contribution in [0.4, 0.5) is 0 Å². The van der Waals surface area contributed by atoms with E-state index in [4.69, 9.17) is 5.26 Å². The zero-order chi connectivity index (χ0) is 12.1. The second-order valence-electron chi connectivity index (χ2n) is 3.50. The van der Waals surface area contributed by atoms with Gasteiger partial charge in [0, 0.05) is 15.4 Å². The Morgan fingerprint density at radius 2 is 1.65 bits per heavy atom. The molecule has 0 unspecified atom stereocenters. The quantitative estimate of drug-likeness (QED) is 0.740. The van der Waals surface area contributed by atoms with Gasteiger partial charge in [0.15, 0.2) is 0 Å². The number of hydrogen-bond acceptors (Lipinski definition) is 2. The van der Waals surface area contributed by atoms with Gasteiger partial charge in [0.2, 0.25) is 0 Å². The minimum Gasteiger partial charge on any atom is -0.192 e. The maximum absolute atomic E-state index is 8.92. The molecule has 2 aromatic rings. The Morgan fingerprint density at radius 3 is 2.35 bits per heavy atom. The highest BCUT2D eigenvalue weighted by molar-refractivity contribution is 7.99. The van der Waals surface area contributed by atoms with E-state index in [1.165, 1.54) is 0 Å². The molecule has 0 aliphatic rings. The fraction of sp³-hybridized carbons (Fsp3) is 0. The van der Waals surface area contributed by atoms with E-state index >= 15 is 0 Å². The summed E-state index contributed by atoms with van der Waals surface area (Å²) in [7, 11) is 0. The maximum atomic E-state index is 8.92. The highest BCUT2D eigenvalue weighted by atomic mass is 32.2. The van der Waals surface area contributed by atoms with Crippen LogP contribution in [-0.2, 0) is 0 Å². The molecular weight excluding hydrogens is 226 g/mol. The number of benzene rings is 2. The van der Waals surface area contributed by atoms with Gasteiger partial charge in [-0.15, -0.1) is 0 Å². The number of nitriles is 1. The fourth-order valence-corrected chi connectivity index (χ4v) is 2.48. The van der Waals surface area contributed by atoms with E-state index in [1.54, 1.807) is 11.8 Å². The Kier molecular flexibility index (Phi) is 3.64. The molecule has 0 heterocycles. The number of nitrogens with zero attached hydrogens (tertiary/aromatic N) is 1. The molecule has 82 valence electrons. The molecule has 2 heteroatoms. The van der Waals surface area contributed by atoms with Crippen LogP contribution in [-0.4, -0.2) is 0 Å². The minimum absolute atomic E-state index is 0.504. The predicted molar refractivity (Wildman–Crippen MR) is 71.7 cm³/mol. The number of hydrogen-bond donors (Lipinski definition) is 0. The molecule has 0 N–H and O–H groups in total. The highest BCUT2D eigenvalue weighted by Crippen LogP contribution is 2.32. The Labute approximate surface area is 105 Å². The summed E-state index contributed by atoms with van der Waals surface area (Å²) in [5.41, 5.74) is 1.41. The first-order valence-corrected chi connectivity index (χ1v) is 6.04. The molecule has 0 saturated heterocycles. The van der Waals surface area contributed by atoms with Crippen molar-refractivity contribution in [2.24, 2.45) is 0 Å². The van der Waals surface area contributed by atoms with Crippen LogP contribution >= 0.6 is 11.8 Å². The van der Waals surface area contributed by atoms with Crippen molar-refractivity contribution in [1.82, 2.24) is 0 Å². The Hall–Kier alpha value is -1.98. The van der Waals surface area contributed by atoms with E-state index in [9.17, 15) is 0 Å². The van der Waals surface area contributed by atoms with Crippen LogP contribution < -0.4 is 0 Å². The van der Waals surface area contributed by atoms with Gasteiger partial charge in [0.05, 0.1) is 11.6 Å². The van der Waals surface area contributed by atoms with Crippen LogP contribution in [0, 0.1) is 11.3 Å². The average molecular weight is 237 g/mol. The van der Waals surface area contributed by atoms with Crippen molar-refractivity contribution in [1.29, 1.82) is 5.26 Å². The summed E-state index contributed by atoms with van der Waals surface area (Å²) in [6.45, 7) is 3.77. The summed E-state index contributed by atoms with van der Waals surface area (Å²) < 4.78 is 0. The van der Waals surface area contributed by atoms with E-state index < -0.39 is 0 Å². The van der Waals surface area contributed by atoms with Gasteiger partial charge < -0.3 is 0 Å². The summed E-state index contributed by atoms with van der Waals surface area (Å²) >= 11 is 1.65. The monoisotopic (exact) mass is 237 g/mol. The van der Waals surface area contributed by atoms with E-state index in [0.717, 1.165) is 15.4 Å². The molecule has 0 aromatic heterocycles. The Morgan fingerprint density at radius 1 is 1.00 bits per heavy atom. The molecule has 2 aromatic carbocycles. The largest absolute Gasteiger partial charge is 0.192 e. The van der Waals surface area contributed by atoms with Gasteiger partial charge in [0.1, 0.15) is 0 Å². The minimum atomic E-state index is 0.504. The van der Waals surface area contributed by atoms with Crippen LogP contribution in [0.3, 0.4) is 0 Å². The average Bonchev–Trinajstić information content (AvgIpc) is 2.40. The van der Waals surface area contributed by atoms with Crippen molar-refractivity contribution in [3.63, 3.8) is 0 Å². The van der Waals surface area contributed by atoms with Crippen molar-refractivity contribution in [2.45, 2.75) is 9.79 Å². The summed E-state index contributed by atoms with van der Waals surface area (Å²) in [5, 5.41) is 8.92. The smallest absolute Gasteiger partial charge is 0.0992 e. The van der Waals surface area contributed by atoms with Crippen molar-refractivity contribution in [3.05, 3.63) is 66.7 Å². The van der Waals surface area contributed by atoms with Crippen LogP contribution in [0.1, 0.15) is 5.56 Å². The lowest BCUT2D eigenvalue weighted by Gasteiger charge is -2.07. The Balaban J connectivity index is 2.34. The van der Waals surface area contributed by atoms with E-state index in [1.807, 2.05) is 42.5 Å². The zero-order valence-electron chi connectivity index (χ0n) is 9.26. The summed E-state index contributed by atoms with van der Waals surface area (Å²) in [6.07, 6.45) is 0.